The molecule has 0 atom stereocenters. The summed E-state index contributed by atoms with van der Waals surface area (Å²) in [6.07, 6.45) is 2.56. The van der Waals surface area contributed by atoms with Crippen molar-refractivity contribution < 1.29 is 14.6 Å². The smallest absolute Gasteiger partial charge is 0.277 e. The van der Waals surface area contributed by atoms with E-state index in [0.717, 1.165) is 48.7 Å². The van der Waals surface area contributed by atoms with E-state index in [1.807, 2.05) is 24.3 Å². The minimum absolute atomic E-state index is 0.0578. The fraction of sp³-hybridized carbons (Fsp3) is 0.235. The van der Waals surface area contributed by atoms with Gasteiger partial charge in [-0.1, -0.05) is 18.2 Å². The normalized spacial score (nSPS) is 13.7. The van der Waals surface area contributed by atoms with Crippen LogP contribution in [0.1, 0.15) is 28.8 Å². The summed E-state index contributed by atoms with van der Waals surface area (Å²) in [4.78, 5) is 35.1. The third kappa shape index (κ3) is 3.32. The molecule has 0 fully saturated rings. The molecule has 3 rings (SSSR count). The minimum Gasteiger partial charge on any atom is -0.308 e. The summed E-state index contributed by atoms with van der Waals surface area (Å²) in [7, 11) is 0. The first kappa shape index (κ1) is 16.6. The van der Waals surface area contributed by atoms with Gasteiger partial charge in [0.2, 0.25) is 0 Å². The van der Waals surface area contributed by atoms with Crippen LogP contribution in [-0.2, 0) is 6.42 Å². The molecule has 0 unspecified atom stereocenters. The van der Waals surface area contributed by atoms with Gasteiger partial charge in [-0.2, -0.15) is 0 Å². The number of amides is 1. The number of nitrogens with zero attached hydrogens (tertiary/aromatic N) is 3. The molecule has 1 heterocycles. The monoisotopic (exact) mass is 341 g/mol. The van der Waals surface area contributed by atoms with E-state index in [0.29, 0.717) is 6.54 Å². The summed E-state index contributed by atoms with van der Waals surface area (Å²) in [6.45, 7) is 0.465. The Kier molecular flexibility index (Phi) is 4.42. The average Bonchev–Trinajstić information content (AvgIpc) is 2.83. The Bertz CT molecular complexity index is 833. The van der Waals surface area contributed by atoms with Gasteiger partial charge in [0.15, 0.2) is 0 Å². The van der Waals surface area contributed by atoms with Crippen molar-refractivity contribution in [1.29, 1.82) is 0 Å². The molecule has 128 valence electrons. The Labute approximate surface area is 143 Å². The molecule has 2 aromatic rings. The van der Waals surface area contributed by atoms with Crippen LogP contribution >= 0.6 is 0 Å². The highest BCUT2D eigenvalue weighted by atomic mass is 16.6. The lowest BCUT2D eigenvalue weighted by Crippen LogP contribution is -2.31. The molecule has 8 nitrogen and oxygen atoms in total. The summed E-state index contributed by atoms with van der Waals surface area (Å²) < 4.78 is 0. The van der Waals surface area contributed by atoms with E-state index < -0.39 is 27.1 Å². The van der Waals surface area contributed by atoms with Crippen LogP contribution in [0.3, 0.4) is 0 Å². The predicted molar refractivity (Wildman–Crippen MR) is 90.8 cm³/mol. The van der Waals surface area contributed by atoms with E-state index in [2.05, 4.69) is 0 Å². The van der Waals surface area contributed by atoms with Crippen molar-refractivity contribution in [3.8, 4) is 0 Å². The molecule has 8 heteroatoms. The number of fused-ring (bicyclic) bond motifs is 1. The molecular weight excluding hydrogens is 326 g/mol. The predicted octanol–water partition coefficient (Wildman–Crippen LogP) is 3.49. The molecule has 0 aliphatic carbocycles. The van der Waals surface area contributed by atoms with Crippen LogP contribution in [0.2, 0.25) is 0 Å². The van der Waals surface area contributed by atoms with Crippen LogP contribution < -0.4 is 4.90 Å². The first-order chi connectivity index (χ1) is 12.0. The molecule has 1 amide bonds. The summed E-state index contributed by atoms with van der Waals surface area (Å²) in [5.41, 5.74) is 0.770. The fourth-order valence-corrected chi connectivity index (χ4v) is 2.99. The molecule has 0 bridgehead atoms. The molecule has 0 saturated heterocycles. The maximum atomic E-state index is 12.9. The van der Waals surface area contributed by atoms with Gasteiger partial charge in [0.1, 0.15) is 0 Å². The van der Waals surface area contributed by atoms with Crippen molar-refractivity contribution in [3.05, 3.63) is 73.8 Å². The molecular formula is C17H15N3O5. The van der Waals surface area contributed by atoms with E-state index in [9.17, 15) is 25.0 Å². The lowest BCUT2D eigenvalue weighted by molar-refractivity contribution is -0.394. The van der Waals surface area contributed by atoms with Gasteiger partial charge in [0.25, 0.3) is 17.3 Å². The highest BCUT2D eigenvalue weighted by Crippen LogP contribution is 2.29. The van der Waals surface area contributed by atoms with Crippen molar-refractivity contribution in [1.82, 2.24) is 0 Å². The van der Waals surface area contributed by atoms with Gasteiger partial charge in [0, 0.05) is 24.4 Å². The molecule has 25 heavy (non-hydrogen) atoms. The first-order valence-corrected chi connectivity index (χ1v) is 7.81. The first-order valence-electron chi connectivity index (χ1n) is 7.81. The van der Waals surface area contributed by atoms with Gasteiger partial charge in [-0.3, -0.25) is 25.0 Å². The second-order valence-corrected chi connectivity index (χ2v) is 5.79. The fourth-order valence-electron chi connectivity index (χ4n) is 2.99. The number of carbonyl (C=O) groups excluding carboxylic acids is 1. The Balaban J connectivity index is 2.06. The second-order valence-electron chi connectivity index (χ2n) is 5.79. The number of nitro benzene ring substituents is 2. The molecule has 2 aromatic carbocycles. The van der Waals surface area contributed by atoms with Crippen LogP contribution in [0.4, 0.5) is 17.1 Å². The Morgan fingerprint density at radius 3 is 2.24 bits per heavy atom. The lowest BCUT2D eigenvalue weighted by atomic mass is 10.1. The molecule has 0 spiro atoms. The topological polar surface area (TPSA) is 107 Å². The number of carbonyl (C=O) groups is 1. The highest BCUT2D eigenvalue weighted by molar-refractivity contribution is 6.07. The molecule has 1 aliphatic heterocycles. The van der Waals surface area contributed by atoms with Crippen LogP contribution in [0.25, 0.3) is 0 Å². The number of anilines is 1. The van der Waals surface area contributed by atoms with Crippen LogP contribution in [0.15, 0.2) is 42.5 Å². The molecule has 1 aliphatic rings. The number of benzene rings is 2. The summed E-state index contributed by atoms with van der Waals surface area (Å²) >= 11 is 0. The molecule has 0 N–H and O–H groups in total. The van der Waals surface area contributed by atoms with Crippen molar-refractivity contribution >= 4 is 23.0 Å². The zero-order chi connectivity index (χ0) is 18.0. The lowest BCUT2D eigenvalue weighted by Gasteiger charge is -2.22. The number of hydrogen-bond acceptors (Lipinski definition) is 5. The van der Waals surface area contributed by atoms with E-state index in [4.69, 9.17) is 0 Å². The van der Waals surface area contributed by atoms with Gasteiger partial charge in [-0.15, -0.1) is 0 Å². The zero-order valence-corrected chi connectivity index (χ0v) is 13.3. The number of aryl methyl sites for hydroxylation is 1. The van der Waals surface area contributed by atoms with Crippen molar-refractivity contribution in [2.45, 2.75) is 19.3 Å². The maximum absolute atomic E-state index is 12.9. The van der Waals surface area contributed by atoms with Crippen LogP contribution in [0.5, 0.6) is 0 Å². The van der Waals surface area contributed by atoms with E-state index in [1.165, 1.54) is 0 Å². The number of nitro groups is 2. The number of rotatable bonds is 3. The minimum atomic E-state index is -0.736. The van der Waals surface area contributed by atoms with Gasteiger partial charge < -0.3 is 4.90 Å². The van der Waals surface area contributed by atoms with Gasteiger partial charge in [-0.25, -0.2) is 0 Å². The van der Waals surface area contributed by atoms with E-state index in [1.54, 1.807) is 4.90 Å². The Hall–Kier alpha value is -3.29. The molecule has 0 saturated carbocycles. The Morgan fingerprint density at radius 2 is 1.60 bits per heavy atom. The SMILES string of the molecule is O=C(c1cc([N+](=O)[O-])cc([N+](=O)[O-])c1)N1CCCCc2ccccc21. The molecule has 0 aromatic heterocycles. The van der Waals surface area contributed by atoms with Gasteiger partial charge in [0.05, 0.1) is 21.5 Å². The number of para-hydroxylation sites is 1. The van der Waals surface area contributed by atoms with E-state index >= 15 is 0 Å². The van der Waals surface area contributed by atoms with Gasteiger partial charge >= 0.3 is 0 Å². The van der Waals surface area contributed by atoms with E-state index in [-0.39, 0.29) is 5.56 Å². The van der Waals surface area contributed by atoms with Crippen molar-refractivity contribution in [3.63, 3.8) is 0 Å². The van der Waals surface area contributed by atoms with Crippen LogP contribution in [0, 0.1) is 20.2 Å². The molecule has 0 radical (unpaired) electrons. The summed E-state index contributed by atoms with van der Waals surface area (Å²) in [6, 6.07) is 10.5. The standard InChI is InChI=1S/C17H15N3O5/c21-17(13-9-14(19(22)23)11-15(10-13)20(24)25)18-8-4-3-6-12-5-1-2-7-16(12)18/h1-2,5,7,9-11H,3-4,6,8H2. The van der Waals surface area contributed by atoms with Gasteiger partial charge in [-0.05, 0) is 30.9 Å². The average molecular weight is 341 g/mol. The second kappa shape index (κ2) is 6.68. The Morgan fingerprint density at radius 1 is 0.960 bits per heavy atom. The largest absolute Gasteiger partial charge is 0.308 e. The third-order valence-electron chi connectivity index (χ3n) is 4.18. The summed E-state index contributed by atoms with van der Waals surface area (Å²) in [5.74, 6) is -0.471. The zero-order valence-electron chi connectivity index (χ0n) is 13.3. The van der Waals surface area contributed by atoms with Crippen molar-refractivity contribution in [2.24, 2.45) is 0 Å². The van der Waals surface area contributed by atoms with Crippen LogP contribution in [-0.4, -0.2) is 22.3 Å². The maximum Gasteiger partial charge on any atom is 0.277 e. The summed E-state index contributed by atoms with van der Waals surface area (Å²) in [5, 5.41) is 22.1. The van der Waals surface area contributed by atoms with Crippen molar-refractivity contribution in [2.75, 3.05) is 11.4 Å². The highest BCUT2D eigenvalue weighted by Gasteiger charge is 2.26. The number of non-ortho nitro benzene ring substituents is 2. The number of hydrogen-bond donors (Lipinski definition) is 0. The third-order valence-corrected chi connectivity index (χ3v) is 4.18. The quantitative estimate of drug-likeness (QED) is 0.627.